The number of fused-ring (bicyclic) bond motifs is 1. The van der Waals surface area contributed by atoms with Crippen LogP contribution in [0.3, 0.4) is 0 Å². The molecule has 104 valence electrons. The highest BCUT2D eigenvalue weighted by Gasteiger charge is 2.40. The average Bonchev–Trinajstić information content (AvgIpc) is 3.09. The Hall–Kier alpha value is -2.02. The largest absolute Gasteiger partial charge is 0.477 e. The van der Waals surface area contributed by atoms with Crippen molar-refractivity contribution < 1.29 is 18.7 Å². The van der Waals surface area contributed by atoms with E-state index in [9.17, 15) is 18.4 Å². The average molecular weight is 301 g/mol. The van der Waals surface area contributed by atoms with Crippen LogP contribution in [0.1, 0.15) is 22.8 Å². The molecule has 1 saturated carbocycles. The second-order valence-electron chi connectivity index (χ2n) is 4.54. The zero-order valence-corrected chi connectivity index (χ0v) is 10.6. The van der Waals surface area contributed by atoms with Gasteiger partial charge in [0.1, 0.15) is 17.4 Å². The van der Waals surface area contributed by atoms with Gasteiger partial charge in [0.25, 0.3) is 0 Å². The first kappa shape index (κ1) is 13.0. The summed E-state index contributed by atoms with van der Waals surface area (Å²) in [6.07, 6.45) is 0.0691. The van der Waals surface area contributed by atoms with Crippen LogP contribution in [0.2, 0.25) is 5.15 Å². The Morgan fingerprint density at radius 3 is 2.75 bits per heavy atom. The monoisotopic (exact) mass is 300 g/mol. The van der Waals surface area contributed by atoms with Crippen LogP contribution in [0.5, 0.6) is 0 Å². The van der Waals surface area contributed by atoms with Gasteiger partial charge in [-0.1, -0.05) is 11.6 Å². The third-order valence-corrected chi connectivity index (χ3v) is 3.45. The number of aromatic carboxylic acids is 1. The van der Waals surface area contributed by atoms with E-state index < -0.39 is 40.1 Å². The van der Waals surface area contributed by atoms with Crippen LogP contribution in [0.25, 0.3) is 11.0 Å². The lowest BCUT2D eigenvalue weighted by Gasteiger charge is -2.10. The smallest absolute Gasteiger partial charge is 0.341 e. The maximum absolute atomic E-state index is 13.4. The predicted octanol–water partition coefficient (Wildman–Crippen LogP) is 2.17. The summed E-state index contributed by atoms with van der Waals surface area (Å²) in [5, 5.41) is 8.31. The van der Waals surface area contributed by atoms with Gasteiger partial charge in [0.05, 0.1) is 11.4 Å². The molecular formula is C12H7ClF2N2O3. The van der Waals surface area contributed by atoms with Gasteiger partial charge in [-0.25, -0.2) is 18.6 Å². The maximum atomic E-state index is 13.4. The van der Waals surface area contributed by atoms with Gasteiger partial charge in [-0.2, -0.15) is 0 Å². The fourth-order valence-corrected chi connectivity index (χ4v) is 2.21. The Kier molecular flexibility index (Phi) is 2.75. The molecule has 1 N–H and O–H groups in total. The third kappa shape index (κ3) is 1.85. The molecule has 5 nitrogen and oxygen atoms in total. The molecule has 2 aromatic rings. The van der Waals surface area contributed by atoms with Crippen molar-refractivity contribution in [2.75, 3.05) is 0 Å². The molecule has 0 amide bonds. The number of nitrogens with zero attached hydrogens (tertiary/aromatic N) is 2. The lowest BCUT2D eigenvalue weighted by Crippen LogP contribution is -2.20. The SMILES string of the molecule is O=C(O)c1cn([C@@H]2C[C@H]2F)c2nc(Cl)c(F)cc2c1=O. The van der Waals surface area contributed by atoms with Gasteiger partial charge in [-0.05, 0) is 6.07 Å². The summed E-state index contributed by atoms with van der Waals surface area (Å²) in [5.74, 6) is -2.39. The molecule has 0 saturated heterocycles. The molecule has 1 aliphatic carbocycles. The molecule has 0 radical (unpaired) electrons. The molecule has 2 atom stereocenters. The summed E-state index contributed by atoms with van der Waals surface area (Å²) in [5.41, 5.74) is -1.44. The van der Waals surface area contributed by atoms with Crippen LogP contribution >= 0.6 is 11.6 Å². The van der Waals surface area contributed by atoms with E-state index >= 15 is 0 Å². The first-order valence-corrected chi connectivity index (χ1v) is 6.06. The van der Waals surface area contributed by atoms with Gasteiger partial charge >= 0.3 is 5.97 Å². The van der Waals surface area contributed by atoms with Crippen molar-refractivity contribution in [1.29, 1.82) is 0 Å². The predicted molar refractivity (Wildman–Crippen MR) is 66.5 cm³/mol. The summed E-state index contributed by atoms with van der Waals surface area (Å²) >= 11 is 5.56. The summed E-state index contributed by atoms with van der Waals surface area (Å²) in [6, 6.07) is 0.219. The van der Waals surface area contributed by atoms with Crippen LogP contribution in [0.4, 0.5) is 8.78 Å². The molecule has 0 aromatic carbocycles. The highest BCUT2D eigenvalue weighted by atomic mass is 35.5. The topological polar surface area (TPSA) is 72.2 Å². The Bertz CT molecular complexity index is 805. The van der Waals surface area contributed by atoms with E-state index in [2.05, 4.69) is 4.98 Å². The summed E-state index contributed by atoms with van der Waals surface area (Å²) in [6.45, 7) is 0. The molecular weight excluding hydrogens is 294 g/mol. The third-order valence-electron chi connectivity index (χ3n) is 3.18. The summed E-state index contributed by atoms with van der Waals surface area (Å²) < 4.78 is 27.9. The summed E-state index contributed by atoms with van der Waals surface area (Å²) in [4.78, 5) is 26.7. The van der Waals surface area contributed by atoms with Crippen molar-refractivity contribution in [1.82, 2.24) is 9.55 Å². The zero-order valence-electron chi connectivity index (χ0n) is 9.81. The zero-order chi connectivity index (χ0) is 14.6. The molecule has 8 heteroatoms. The molecule has 0 aliphatic heterocycles. The molecule has 1 aliphatic rings. The molecule has 2 heterocycles. The molecule has 2 aromatic heterocycles. The van der Waals surface area contributed by atoms with Crippen LogP contribution in [-0.4, -0.2) is 26.8 Å². The van der Waals surface area contributed by atoms with Crippen molar-refractivity contribution in [2.24, 2.45) is 0 Å². The van der Waals surface area contributed by atoms with Crippen LogP contribution in [0.15, 0.2) is 17.1 Å². The number of alkyl halides is 1. The first-order valence-electron chi connectivity index (χ1n) is 5.68. The molecule has 20 heavy (non-hydrogen) atoms. The van der Waals surface area contributed by atoms with E-state index in [0.717, 1.165) is 12.3 Å². The first-order chi connectivity index (χ1) is 9.40. The van der Waals surface area contributed by atoms with Crippen molar-refractivity contribution >= 4 is 28.6 Å². The number of carbonyl (C=O) groups is 1. The minimum absolute atomic E-state index is 0.0171. The lowest BCUT2D eigenvalue weighted by molar-refractivity contribution is 0.0694. The normalized spacial score (nSPS) is 21.1. The number of carboxylic acids is 1. The number of rotatable bonds is 2. The minimum Gasteiger partial charge on any atom is -0.477 e. The van der Waals surface area contributed by atoms with E-state index in [1.165, 1.54) is 4.57 Å². The minimum atomic E-state index is -1.46. The number of halogens is 3. The van der Waals surface area contributed by atoms with Gasteiger partial charge in [-0.3, -0.25) is 4.79 Å². The van der Waals surface area contributed by atoms with E-state index in [1.807, 2.05) is 0 Å². The second-order valence-corrected chi connectivity index (χ2v) is 4.89. The molecule has 0 spiro atoms. The van der Waals surface area contributed by atoms with Crippen molar-refractivity contribution in [3.05, 3.63) is 39.0 Å². The van der Waals surface area contributed by atoms with Gasteiger partial charge in [0.15, 0.2) is 11.0 Å². The standard InChI is InChI=1S/C12H7ClF2N2O3/c13-10-7(15)1-4-9(18)5(12(19)20)3-17(11(4)16-10)8-2-6(8)14/h1,3,6,8H,2H2,(H,19,20)/t6-,8-/m1/s1. The highest BCUT2D eigenvalue weighted by molar-refractivity contribution is 6.29. The Labute approximate surface area is 115 Å². The molecule has 0 unspecified atom stereocenters. The fourth-order valence-electron chi connectivity index (χ4n) is 2.07. The van der Waals surface area contributed by atoms with Crippen LogP contribution < -0.4 is 5.43 Å². The fraction of sp³-hybridized carbons (Fsp3) is 0.250. The number of hydrogen-bond donors (Lipinski definition) is 1. The number of aromatic nitrogens is 2. The number of carboxylic acid groups (broad SMARTS) is 1. The van der Waals surface area contributed by atoms with Gasteiger partial charge in [0.2, 0.25) is 5.43 Å². The van der Waals surface area contributed by atoms with Crippen LogP contribution in [-0.2, 0) is 0 Å². The maximum Gasteiger partial charge on any atom is 0.341 e. The second kappa shape index (κ2) is 4.24. The van der Waals surface area contributed by atoms with Gasteiger partial charge in [0, 0.05) is 12.6 Å². The number of pyridine rings is 2. The Balaban J connectivity index is 2.41. The van der Waals surface area contributed by atoms with Gasteiger partial charge < -0.3 is 9.67 Å². The van der Waals surface area contributed by atoms with Crippen LogP contribution in [0, 0.1) is 5.82 Å². The Morgan fingerprint density at radius 1 is 1.55 bits per heavy atom. The highest BCUT2D eigenvalue weighted by Crippen LogP contribution is 2.40. The quantitative estimate of drug-likeness (QED) is 0.863. The van der Waals surface area contributed by atoms with Crippen molar-refractivity contribution in [3.63, 3.8) is 0 Å². The lowest BCUT2D eigenvalue weighted by atomic mass is 10.2. The van der Waals surface area contributed by atoms with E-state index in [-0.39, 0.29) is 17.5 Å². The van der Waals surface area contributed by atoms with Gasteiger partial charge in [-0.15, -0.1) is 0 Å². The van der Waals surface area contributed by atoms with E-state index in [0.29, 0.717) is 0 Å². The molecule has 3 rings (SSSR count). The van der Waals surface area contributed by atoms with Crippen molar-refractivity contribution in [2.45, 2.75) is 18.6 Å². The molecule has 1 fully saturated rings. The number of hydrogen-bond acceptors (Lipinski definition) is 3. The molecule has 0 bridgehead atoms. The summed E-state index contributed by atoms with van der Waals surface area (Å²) in [7, 11) is 0. The van der Waals surface area contributed by atoms with E-state index in [4.69, 9.17) is 16.7 Å². The Morgan fingerprint density at radius 2 is 2.20 bits per heavy atom. The van der Waals surface area contributed by atoms with E-state index in [1.54, 1.807) is 0 Å². The van der Waals surface area contributed by atoms with Crippen molar-refractivity contribution in [3.8, 4) is 0 Å².